The second-order valence-corrected chi connectivity index (χ2v) is 9.15. The minimum absolute atomic E-state index is 0.257. The van der Waals surface area contributed by atoms with E-state index in [0.717, 1.165) is 60.1 Å². The summed E-state index contributed by atoms with van der Waals surface area (Å²) in [5.41, 5.74) is 5.95. The molecule has 0 aliphatic carbocycles. The minimum atomic E-state index is -0.257. The van der Waals surface area contributed by atoms with Crippen LogP contribution in [0.15, 0.2) is 67.5 Å². The number of benzene rings is 2. The van der Waals surface area contributed by atoms with Crippen LogP contribution in [0.25, 0.3) is 16.9 Å². The number of likely N-dealkylation sites (N-methyl/N-ethyl adjacent to an activating group) is 1. The van der Waals surface area contributed by atoms with Gasteiger partial charge in [-0.2, -0.15) is 0 Å². The van der Waals surface area contributed by atoms with Crippen LogP contribution in [-0.4, -0.2) is 65.7 Å². The van der Waals surface area contributed by atoms with Crippen molar-refractivity contribution in [2.75, 3.05) is 55.9 Å². The van der Waals surface area contributed by atoms with Crippen LogP contribution in [0.2, 0.25) is 0 Å². The summed E-state index contributed by atoms with van der Waals surface area (Å²) < 4.78 is 7.61. The van der Waals surface area contributed by atoms with Gasteiger partial charge in [-0.25, -0.2) is 9.97 Å². The number of aromatic nitrogens is 3. The lowest BCUT2D eigenvalue weighted by atomic mass is 10.1. The summed E-state index contributed by atoms with van der Waals surface area (Å²) in [4.78, 5) is 25.9. The lowest BCUT2D eigenvalue weighted by molar-refractivity contribution is -0.111. The summed E-state index contributed by atoms with van der Waals surface area (Å²) in [6.45, 7) is 9.55. The monoisotopic (exact) mass is 497 g/mol. The molecule has 0 unspecified atom stereocenters. The largest absolute Gasteiger partial charge is 0.494 e. The predicted molar refractivity (Wildman–Crippen MR) is 148 cm³/mol. The molecule has 5 rings (SSSR count). The normalized spacial score (nSPS) is 14.0. The fourth-order valence-corrected chi connectivity index (χ4v) is 4.41. The van der Waals surface area contributed by atoms with Crippen LogP contribution in [-0.2, 0) is 4.79 Å². The number of carbonyl (C=O) groups excluding carboxylic acids is 1. The van der Waals surface area contributed by atoms with Gasteiger partial charge in [0.2, 0.25) is 5.91 Å². The summed E-state index contributed by atoms with van der Waals surface area (Å²) in [5.74, 6) is 1.17. The van der Waals surface area contributed by atoms with E-state index in [1.165, 1.54) is 6.08 Å². The Kier molecular flexibility index (Phi) is 6.78. The highest BCUT2D eigenvalue weighted by molar-refractivity contribution is 5.99. The van der Waals surface area contributed by atoms with Crippen molar-refractivity contribution >= 4 is 40.0 Å². The Balaban J connectivity index is 1.43. The van der Waals surface area contributed by atoms with Crippen LogP contribution >= 0.6 is 0 Å². The highest BCUT2D eigenvalue weighted by Gasteiger charge is 2.17. The molecule has 9 heteroatoms. The predicted octanol–water partition coefficient (Wildman–Crippen LogP) is 4.36. The molecule has 1 amide bonds. The van der Waals surface area contributed by atoms with Crippen molar-refractivity contribution in [1.82, 2.24) is 19.4 Å². The van der Waals surface area contributed by atoms with Gasteiger partial charge < -0.3 is 25.2 Å². The number of rotatable bonds is 7. The highest BCUT2D eigenvalue weighted by Crippen LogP contribution is 2.33. The number of nitrogens with one attached hydrogen (secondary N) is 2. The molecule has 0 saturated carbocycles. The molecule has 190 valence electrons. The zero-order valence-corrected chi connectivity index (χ0v) is 21.4. The molecule has 37 heavy (non-hydrogen) atoms. The van der Waals surface area contributed by atoms with Gasteiger partial charge in [0.15, 0.2) is 5.65 Å². The van der Waals surface area contributed by atoms with Crippen molar-refractivity contribution in [2.24, 2.45) is 0 Å². The number of methoxy groups -OCH3 is 1. The summed E-state index contributed by atoms with van der Waals surface area (Å²) in [7, 11) is 3.83. The van der Waals surface area contributed by atoms with Crippen molar-refractivity contribution in [3.05, 3.63) is 73.1 Å². The molecular weight excluding hydrogens is 466 g/mol. The zero-order chi connectivity index (χ0) is 25.9. The molecule has 0 spiro atoms. The van der Waals surface area contributed by atoms with Crippen molar-refractivity contribution in [3.63, 3.8) is 0 Å². The van der Waals surface area contributed by atoms with Crippen molar-refractivity contribution in [2.45, 2.75) is 6.92 Å². The van der Waals surface area contributed by atoms with Gasteiger partial charge in [0.25, 0.3) is 0 Å². The van der Waals surface area contributed by atoms with Crippen LogP contribution in [0.1, 0.15) is 5.56 Å². The van der Waals surface area contributed by atoms with E-state index in [4.69, 9.17) is 9.72 Å². The topological polar surface area (TPSA) is 87.6 Å². The highest BCUT2D eigenvalue weighted by atomic mass is 16.5. The van der Waals surface area contributed by atoms with E-state index in [2.05, 4.69) is 51.2 Å². The number of hydrogen-bond donors (Lipinski definition) is 2. The third-order valence-electron chi connectivity index (χ3n) is 6.65. The van der Waals surface area contributed by atoms with Gasteiger partial charge in [0.05, 0.1) is 18.5 Å². The number of anilines is 4. The molecule has 1 fully saturated rings. The van der Waals surface area contributed by atoms with E-state index >= 15 is 0 Å². The first-order valence-corrected chi connectivity index (χ1v) is 12.2. The van der Waals surface area contributed by atoms with E-state index in [0.29, 0.717) is 17.2 Å². The SMILES string of the molecule is C=CC(=O)Nc1cc(-n2cnc3ccc(Nc4ccc(N5CCN(C)CC5)cc4OC)nc32)ccc1C. The van der Waals surface area contributed by atoms with Crippen LogP contribution < -0.4 is 20.3 Å². The van der Waals surface area contributed by atoms with Gasteiger partial charge >= 0.3 is 0 Å². The van der Waals surface area contributed by atoms with E-state index in [-0.39, 0.29) is 5.91 Å². The van der Waals surface area contributed by atoms with Gasteiger partial charge in [-0.05, 0) is 62.0 Å². The Hall–Kier alpha value is -4.37. The summed E-state index contributed by atoms with van der Waals surface area (Å²) in [6.07, 6.45) is 2.99. The number of nitrogens with zero attached hydrogens (tertiary/aromatic N) is 5. The molecule has 2 N–H and O–H groups in total. The maximum Gasteiger partial charge on any atom is 0.247 e. The number of aryl methyl sites for hydroxylation is 1. The van der Waals surface area contributed by atoms with Crippen molar-refractivity contribution in [3.8, 4) is 11.4 Å². The lowest BCUT2D eigenvalue weighted by Gasteiger charge is -2.34. The van der Waals surface area contributed by atoms with Gasteiger partial charge in [0, 0.05) is 43.6 Å². The van der Waals surface area contributed by atoms with Gasteiger partial charge in [0.1, 0.15) is 23.4 Å². The Morgan fingerprint density at radius 1 is 1.03 bits per heavy atom. The molecule has 1 aliphatic heterocycles. The molecular formula is C28H31N7O2. The number of pyridine rings is 1. The van der Waals surface area contributed by atoms with Gasteiger partial charge in [-0.3, -0.25) is 9.36 Å². The third kappa shape index (κ3) is 5.12. The molecule has 0 radical (unpaired) electrons. The average Bonchev–Trinajstić information content (AvgIpc) is 3.34. The Morgan fingerprint density at radius 2 is 1.81 bits per heavy atom. The van der Waals surface area contributed by atoms with E-state index < -0.39 is 0 Å². The molecule has 1 saturated heterocycles. The number of piperazine rings is 1. The van der Waals surface area contributed by atoms with Crippen LogP contribution in [0.4, 0.5) is 22.9 Å². The second kappa shape index (κ2) is 10.3. The van der Waals surface area contributed by atoms with Gasteiger partial charge in [-0.15, -0.1) is 0 Å². The first-order valence-electron chi connectivity index (χ1n) is 12.2. The fourth-order valence-electron chi connectivity index (χ4n) is 4.41. The first-order chi connectivity index (χ1) is 17.9. The molecule has 1 aliphatic rings. The fraction of sp³-hybridized carbons (Fsp3) is 0.250. The van der Waals surface area contributed by atoms with E-state index in [9.17, 15) is 4.79 Å². The minimum Gasteiger partial charge on any atom is -0.494 e. The molecule has 3 heterocycles. The molecule has 0 atom stereocenters. The van der Waals surface area contributed by atoms with Crippen LogP contribution in [0, 0.1) is 6.92 Å². The quantitative estimate of drug-likeness (QED) is 0.367. The lowest BCUT2D eigenvalue weighted by Crippen LogP contribution is -2.44. The number of carbonyl (C=O) groups is 1. The first kappa shape index (κ1) is 24.3. The number of amides is 1. The Morgan fingerprint density at radius 3 is 2.57 bits per heavy atom. The molecule has 4 aromatic rings. The van der Waals surface area contributed by atoms with Crippen LogP contribution in [0.5, 0.6) is 5.75 Å². The van der Waals surface area contributed by atoms with E-state index in [1.54, 1.807) is 13.4 Å². The maximum absolute atomic E-state index is 11.9. The summed E-state index contributed by atoms with van der Waals surface area (Å²) in [5, 5.41) is 6.26. The zero-order valence-electron chi connectivity index (χ0n) is 21.4. The molecule has 9 nitrogen and oxygen atoms in total. The second-order valence-electron chi connectivity index (χ2n) is 9.15. The summed E-state index contributed by atoms with van der Waals surface area (Å²) in [6, 6.07) is 15.9. The van der Waals surface area contributed by atoms with Crippen molar-refractivity contribution in [1.29, 1.82) is 0 Å². The Labute approximate surface area is 216 Å². The number of imidazole rings is 1. The van der Waals surface area contributed by atoms with Crippen LogP contribution in [0.3, 0.4) is 0 Å². The van der Waals surface area contributed by atoms with Crippen molar-refractivity contribution < 1.29 is 9.53 Å². The Bertz CT molecular complexity index is 1450. The average molecular weight is 498 g/mol. The number of fused-ring (bicyclic) bond motifs is 1. The molecule has 2 aromatic heterocycles. The molecule has 2 aromatic carbocycles. The van der Waals surface area contributed by atoms with E-state index in [1.807, 2.05) is 47.9 Å². The maximum atomic E-state index is 11.9. The molecule has 0 bridgehead atoms. The number of ether oxygens (including phenoxy) is 1. The summed E-state index contributed by atoms with van der Waals surface area (Å²) >= 11 is 0. The van der Waals surface area contributed by atoms with Gasteiger partial charge in [-0.1, -0.05) is 12.6 Å². The standard InChI is InChI=1S/C28H31N7O2/c1-5-27(36)31-24-16-21(7-6-19(24)2)35-18-29-23-10-11-26(32-28(23)35)30-22-9-8-20(17-25(22)37-4)34-14-12-33(3)13-15-34/h5-11,16-18H,1,12-15H2,2-4H3,(H,30,32)(H,31,36). The number of hydrogen-bond acceptors (Lipinski definition) is 7. The smallest absolute Gasteiger partial charge is 0.247 e. The third-order valence-corrected chi connectivity index (χ3v) is 6.65.